The van der Waals surface area contributed by atoms with Crippen LogP contribution in [0.4, 0.5) is 5.69 Å². The van der Waals surface area contributed by atoms with E-state index in [-0.39, 0.29) is 4.90 Å². The molecule has 0 amide bonds. The number of benzene rings is 2. The second-order valence-electron chi connectivity index (χ2n) is 4.47. The highest BCUT2D eigenvalue weighted by atomic mass is 32.2. The average Bonchev–Trinajstić information content (AvgIpc) is 2.79. The molecule has 6 heteroatoms. The Kier molecular flexibility index (Phi) is 2.94. The molecular weight excluding hydrogens is 274 g/mol. The summed E-state index contributed by atoms with van der Waals surface area (Å²) >= 11 is 0. The van der Waals surface area contributed by atoms with Crippen LogP contribution in [0.3, 0.4) is 0 Å². The number of H-pyrrole nitrogens is 1. The van der Waals surface area contributed by atoms with Crippen molar-refractivity contribution in [2.75, 3.05) is 4.72 Å². The lowest BCUT2D eigenvalue weighted by Gasteiger charge is -2.07. The second-order valence-corrected chi connectivity index (χ2v) is 6.16. The maximum Gasteiger partial charge on any atom is 0.261 e. The third kappa shape index (κ3) is 2.37. The number of aryl methyl sites for hydroxylation is 1. The molecule has 0 fully saturated rings. The molecule has 2 N–H and O–H groups in total. The molecule has 3 rings (SSSR count). The van der Waals surface area contributed by atoms with E-state index in [1.54, 1.807) is 48.5 Å². The Balaban J connectivity index is 1.96. The fourth-order valence-electron chi connectivity index (χ4n) is 2.01. The molecule has 2 aromatic carbocycles. The van der Waals surface area contributed by atoms with Gasteiger partial charge in [0.2, 0.25) is 0 Å². The summed E-state index contributed by atoms with van der Waals surface area (Å²) in [7, 11) is -3.56. The van der Waals surface area contributed by atoms with Crippen molar-refractivity contribution >= 4 is 26.7 Å². The summed E-state index contributed by atoms with van der Waals surface area (Å²) in [6.07, 6.45) is 0. The number of nitrogens with zero attached hydrogens (tertiary/aromatic N) is 1. The predicted octanol–water partition coefficient (Wildman–Crippen LogP) is 2.67. The van der Waals surface area contributed by atoms with Gasteiger partial charge in [-0.3, -0.25) is 4.72 Å². The van der Waals surface area contributed by atoms with Gasteiger partial charge in [0.25, 0.3) is 10.0 Å². The number of imidazole rings is 1. The van der Waals surface area contributed by atoms with Crippen LogP contribution in [0.15, 0.2) is 53.4 Å². The standard InChI is InChI=1S/C14H13N3O2S/c1-10-15-13-8-7-11(9-14(13)16-10)17-20(18,19)12-5-3-2-4-6-12/h2-9,17H,1H3,(H,15,16). The average molecular weight is 287 g/mol. The van der Waals surface area contributed by atoms with E-state index in [1.807, 2.05) is 6.92 Å². The molecule has 5 nitrogen and oxygen atoms in total. The molecule has 1 heterocycles. The monoisotopic (exact) mass is 287 g/mol. The summed E-state index contributed by atoms with van der Waals surface area (Å²) in [5.41, 5.74) is 2.12. The number of anilines is 1. The molecule has 0 bridgehead atoms. The summed E-state index contributed by atoms with van der Waals surface area (Å²) < 4.78 is 27.0. The lowest BCUT2D eigenvalue weighted by molar-refractivity contribution is 0.601. The lowest BCUT2D eigenvalue weighted by Crippen LogP contribution is -2.12. The Bertz CT molecular complexity index is 855. The number of aromatic amines is 1. The quantitative estimate of drug-likeness (QED) is 0.777. The number of fused-ring (bicyclic) bond motifs is 1. The first-order valence-electron chi connectivity index (χ1n) is 6.09. The Labute approximate surface area is 116 Å². The zero-order valence-electron chi connectivity index (χ0n) is 10.8. The maximum absolute atomic E-state index is 12.2. The molecule has 0 aliphatic carbocycles. The first-order chi connectivity index (χ1) is 9.54. The highest BCUT2D eigenvalue weighted by Crippen LogP contribution is 2.20. The molecule has 0 unspecified atom stereocenters. The van der Waals surface area contributed by atoms with Gasteiger partial charge in [-0.15, -0.1) is 0 Å². The Morgan fingerprint density at radius 1 is 1.10 bits per heavy atom. The summed E-state index contributed by atoms with van der Waals surface area (Å²) in [6, 6.07) is 13.5. The molecule has 0 radical (unpaired) electrons. The SMILES string of the molecule is Cc1nc2ccc(NS(=O)(=O)c3ccccc3)cc2[nH]1. The number of hydrogen-bond donors (Lipinski definition) is 2. The van der Waals surface area contributed by atoms with Gasteiger partial charge in [0, 0.05) is 0 Å². The van der Waals surface area contributed by atoms with Gasteiger partial charge in [-0.25, -0.2) is 13.4 Å². The van der Waals surface area contributed by atoms with E-state index in [9.17, 15) is 8.42 Å². The van der Waals surface area contributed by atoms with E-state index in [0.717, 1.165) is 16.9 Å². The van der Waals surface area contributed by atoms with Crippen molar-refractivity contribution in [2.45, 2.75) is 11.8 Å². The molecule has 0 atom stereocenters. The van der Waals surface area contributed by atoms with Gasteiger partial charge < -0.3 is 4.98 Å². The number of nitrogens with one attached hydrogen (secondary N) is 2. The second kappa shape index (κ2) is 4.64. The Morgan fingerprint density at radius 2 is 1.85 bits per heavy atom. The van der Waals surface area contributed by atoms with Crippen LogP contribution in [0.1, 0.15) is 5.82 Å². The van der Waals surface area contributed by atoms with Crippen LogP contribution < -0.4 is 4.72 Å². The molecule has 0 spiro atoms. The number of aromatic nitrogens is 2. The Hall–Kier alpha value is -2.34. The van der Waals surface area contributed by atoms with E-state index < -0.39 is 10.0 Å². The minimum atomic E-state index is -3.56. The van der Waals surface area contributed by atoms with E-state index >= 15 is 0 Å². The van der Waals surface area contributed by atoms with Gasteiger partial charge in [-0.2, -0.15) is 0 Å². The van der Waals surface area contributed by atoms with Crippen molar-refractivity contribution in [3.8, 4) is 0 Å². The van der Waals surface area contributed by atoms with Crippen molar-refractivity contribution in [3.63, 3.8) is 0 Å². The molecule has 1 aromatic heterocycles. The van der Waals surface area contributed by atoms with Crippen LogP contribution in [0.5, 0.6) is 0 Å². The van der Waals surface area contributed by atoms with E-state index in [2.05, 4.69) is 14.7 Å². The third-order valence-corrected chi connectivity index (χ3v) is 4.30. The minimum Gasteiger partial charge on any atom is -0.342 e. The largest absolute Gasteiger partial charge is 0.342 e. The normalized spacial score (nSPS) is 11.7. The van der Waals surface area contributed by atoms with Gasteiger partial charge in [-0.1, -0.05) is 18.2 Å². The van der Waals surface area contributed by atoms with E-state index in [0.29, 0.717) is 5.69 Å². The fraction of sp³-hybridized carbons (Fsp3) is 0.0714. The molecule has 3 aromatic rings. The minimum absolute atomic E-state index is 0.237. The molecule has 0 aliphatic rings. The van der Waals surface area contributed by atoms with Gasteiger partial charge in [0.1, 0.15) is 5.82 Å². The van der Waals surface area contributed by atoms with Crippen molar-refractivity contribution in [1.29, 1.82) is 0 Å². The number of hydrogen-bond acceptors (Lipinski definition) is 3. The van der Waals surface area contributed by atoms with E-state index in [1.165, 1.54) is 0 Å². The first kappa shape index (κ1) is 12.7. The topological polar surface area (TPSA) is 74.8 Å². The zero-order valence-corrected chi connectivity index (χ0v) is 11.6. The highest BCUT2D eigenvalue weighted by molar-refractivity contribution is 7.92. The third-order valence-electron chi connectivity index (χ3n) is 2.91. The number of sulfonamides is 1. The van der Waals surface area contributed by atoms with Crippen LogP contribution in [0, 0.1) is 6.92 Å². The zero-order chi connectivity index (χ0) is 14.2. The Morgan fingerprint density at radius 3 is 2.60 bits per heavy atom. The van der Waals surface area contributed by atoms with Crippen molar-refractivity contribution in [3.05, 3.63) is 54.4 Å². The smallest absolute Gasteiger partial charge is 0.261 e. The van der Waals surface area contributed by atoms with Crippen molar-refractivity contribution < 1.29 is 8.42 Å². The van der Waals surface area contributed by atoms with Crippen LogP contribution in [-0.4, -0.2) is 18.4 Å². The molecule has 20 heavy (non-hydrogen) atoms. The molecular formula is C14H13N3O2S. The van der Waals surface area contributed by atoms with Gasteiger partial charge in [0.15, 0.2) is 0 Å². The highest BCUT2D eigenvalue weighted by Gasteiger charge is 2.13. The summed E-state index contributed by atoms with van der Waals surface area (Å²) in [5, 5.41) is 0. The number of rotatable bonds is 3. The first-order valence-corrected chi connectivity index (χ1v) is 7.57. The van der Waals surface area contributed by atoms with Gasteiger partial charge >= 0.3 is 0 Å². The summed E-state index contributed by atoms with van der Waals surface area (Å²) in [5.74, 6) is 0.795. The van der Waals surface area contributed by atoms with Crippen LogP contribution in [0.25, 0.3) is 11.0 Å². The van der Waals surface area contributed by atoms with Crippen molar-refractivity contribution in [2.24, 2.45) is 0 Å². The van der Waals surface area contributed by atoms with Crippen LogP contribution >= 0.6 is 0 Å². The molecule has 102 valence electrons. The van der Waals surface area contributed by atoms with Crippen LogP contribution in [0.2, 0.25) is 0 Å². The van der Waals surface area contributed by atoms with E-state index in [4.69, 9.17) is 0 Å². The molecule has 0 aliphatic heterocycles. The summed E-state index contributed by atoms with van der Waals surface area (Å²) in [6.45, 7) is 1.85. The molecule has 0 saturated heterocycles. The predicted molar refractivity (Wildman–Crippen MR) is 78.1 cm³/mol. The fourth-order valence-corrected chi connectivity index (χ4v) is 3.08. The molecule has 0 saturated carbocycles. The van der Waals surface area contributed by atoms with Crippen molar-refractivity contribution in [1.82, 2.24) is 9.97 Å². The van der Waals surface area contributed by atoms with Gasteiger partial charge in [0.05, 0.1) is 21.6 Å². The summed E-state index contributed by atoms with van der Waals surface area (Å²) in [4.78, 5) is 7.59. The maximum atomic E-state index is 12.2. The lowest BCUT2D eigenvalue weighted by atomic mass is 10.3. The van der Waals surface area contributed by atoms with Crippen LogP contribution in [-0.2, 0) is 10.0 Å². The van der Waals surface area contributed by atoms with Gasteiger partial charge in [-0.05, 0) is 37.3 Å².